The van der Waals surface area contributed by atoms with Gasteiger partial charge in [-0.15, -0.1) is 0 Å². The molecule has 0 radical (unpaired) electrons. The number of ether oxygens (including phenoxy) is 1. The second-order valence-corrected chi connectivity index (χ2v) is 5.88. The minimum atomic E-state index is 0.549. The van der Waals surface area contributed by atoms with Crippen LogP contribution in [-0.2, 0) is 11.3 Å². The lowest BCUT2D eigenvalue weighted by Crippen LogP contribution is -2.35. The lowest BCUT2D eigenvalue weighted by atomic mass is 10.1. The van der Waals surface area contributed by atoms with Gasteiger partial charge in [-0.1, -0.05) is 35.3 Å². The average Bonchev–Trinajstić information content (AvgIpc) is 2.52. The molecule has 1 aliphatic heterocycles. The number of hydrogen-bond donors (Lipinski definition) is 0. The SMILES string of the molecule is Clc1ccc(-c2ccc(CN3CCOCC3)cn2)cc1Cl. The van der Waals surface area contributed by atoms with Crippen LogP contribution in [0.2, 0.25) is 10.0 Å². The Bertz CT molecular complexity index is 610. The highest BCUT2D eigenvalue weighted by Gasteiger charge is 2.11. The largest absolute Gasteiger partial charge is 0.379 e. The van der Waals surface area contributed by atoms with Crippen LogP contribution in [0.25, 0.3) is 11.3 Å². The molecular formula is C16H16Cl2N2O. The van der Waals surface area contributed by atoms with Gasteiger partial charge in [0.2, 0.25) is 0 Å². The van der Waals surface area contributed by atoms with Gasteiger partial charge in [0.25, 0.3) is 0 Å². The predicted octanol–water partition coefficient (Wildman–Crippen LogP) is 3.89. The second kappa shape index (κ2) is 6.75. The Morgan fingerprint density at radius 1 is 1.05 bits per heavy atom. The van der Waals surface area contributed by atoms with Crippen molar-refractivity contribution in [1.82, 2.24) is 9.88 Å². The van der Waals surface area contributed by atoms with Crippen LogP contribution >= 0.6 is 23.2 Å². The van der Waals surface area contributed by atoms with E-state index in [9.17, 15) is 0 Å². The van der Waals surface area contributed by atoms with Crippen LogP contribution in [0.5, 0.6) is 0 Å². The molecular weight excluding hydrogens is 307 g/mol. The van der Waals surface area contributed by atoms with E-state index < -0.39 is 0 Å². The Balaban J connectivity index is 1.72. The Labute approximate surface area is 134 Å². The number of nitrogens with zero attached hydrogens (tertiary/aromatic N) is 2. The summed E-state index contributed by atoms with van der Waals surface area (Å²) in [4.78, 5) is 6.90. The Hall–Kier alpha value is -1.13. The number of rotatable bonds is 3. The minimum Gasteiger partial charge on any atom is -0.379 e. The summed E-state index contributed by atoms with van der Waals surface area (Å²) in [6, 6.07) is 9.70. The van der Waals surface area contributed by atoms with Crippen LogP contribution in [0.15, 0.2) is 36.5 Å². The molecule has 21 heavy (non-hydrogen) atoms. The summed E-state index contributed by atoms with van der Waals surface area (Å²) in [6.07, 6.45) is 1.92. The van der Waals surface area contributed by atoms with Gasteiger partial charge in [-0.3, -0.25) is 9.88 Å². The van der Waals surface area contributed by atoms with Gasteiger partial charge in [0.15, 0.2) is 0 Å². The third kappa shape index (κ3) is 3.74. The molecule has 2 heterocycles. The smallest absolute Gasteiger partial charge is 0.0702 e. The van der Waals surface area contributed by atoms with E-state index in [0.29, 0.717) is 10.0 Å². The van der Waals surface area contributed by atoms with Gasteiger partial charge < -0.3 is 4.74 Å². The molecule has 0 spiro atoms. The second-order valence-electron chi connectivity index (χ2n) is 5.07. The molecule has 0 aliphatic carbocycles. The third-order valence-corrected chi connectivity index (χ3v) is 4.29. The van der Waals surface area contributed by atoms with Gasteiger partial charge in [-0.05, 0) is 23.8 Å². The lowest BCUT2D eigenvalue weighted by Gasteiger charge is -2.26. The van der Waals surface area contributed by atoms with Crippen molar-refractivity contribution in [3.05, 3.63) is 52.1 Å². The van der Waals surface area contributed by atoms with Gasteiger partial charge in [-0.2, -0.15) is 0 Å². The van der Waals surface area contributed by atoms with Crippen LogP contribution in [0.1, 0.15) is 5.56 Å². The van der Waals surface area contributed by atoms with Crippen LogP contribution in [0, 0.1) is 0 Å². The number of morpholine rings is 1. The fourth-order valence-corrected chi connectivity index (χ4v) is 2.66. The van der Waals surface area contributed by atoms with Crippen LogP contribution in [-0.4, -0.2) is 36.2 Å². The van der Waals surface area contributed by atoms with E-state index in [1.807, 2.05) is 24.4 Å². The summed E-state index contributed by atoms with van der Waals surface area (Å²) >= 11 is 12.0. The molecule has 110 valence electrons. The molecule has 0 bridgehead atoms. The highest BCUT2D eigenvalue weighted by molar-refractivity contribution is 6.42. The predicted molar refractivity (Wildman–Crippen MR) is 85.8 cm³/mol. The summed E-state index contributed by atoms with van der Waals surface area (Å²) in [5, 5.41) is 1.11. The number of hydrogen-bond acceptors (Lipinski definition) is 3. The first kappa shape index (κ1) is 14.8. The molecule has 0 N–H and O–H groups in total. The molecule has 0 saturated carbocycles. The van der Waals surface area contributed by atoms with E-state index in [1.54, 1.807) is 6.07 Å². The molecule has 3 rings (SSSR count). The minimum absolute atomic E-state index is 0.549. The van der Waals surface area contributed by atoms with Gasteiger partial charge in [0.1, 0.15) is 0 Å². The van der Waals surface area contributed by atoms with E-state index in [-0.39, 0.29) is 0 Å². The first-order valence-electron chi connectivity index (χ1n) is 6.93. The van der Waals surface area contributed by atoms with Gasteiger partial charge in [0.05, 0.1) is 29.0 Å². The van der Waals surface area contributed by atoms with Crippen molar-refractivity contribution in [2.24, 2.45) is 0 Å². The highest BCUT2D eigenvalue weighted by atomic mass is 35.5. The van der Waals surface area contributed by atoms with Crippen LogP contribution in [0.3, 0.4) is 0 Å². The van der Waals surface area contributed by atoms with Crippen molar-refractivity contribution >= 4 is 23.2 Å². The normalized spacial score (nSPS) is 16.1. The van der Waals surface area contributed by atoms with Crippen molar-refractivity contribution in [2.45, 2.75) is 6.54 Å². The van der Waals surface area contributed by atoms with Crippen molar-refractivity contribution in [3.8, 4) is 11.3 Å². The average molecular weight is 323 g/mol. The summed E-state index contributed by atoms with van der Waals surface area (Å²) in [5.74, 6) is 0. The van der Waals surface area contributed by atoms with Gasteiger partial charge >= 0.3 is 0 Å². The zero-order valence-corrected chi connectivity index (χ0v) is 13.1. The molecule has 1 aromatic heterocycles. The lowest BCUT2D eigenvalue weighted by molar-refractivity contribution is 0.0341. The van der Waals surface area contributed by atoms with E-state index in [2.05, 4.69) is 16.0 Å². The zero-order valence-electron chi connectivity index (χ0n) is 11.6. The maximum absolute atomic E-state index is 6.05. The first-order valence-corrected chi connectivity index (χ1v) is 7.68. The van der Waals surface area contributed by atoms with Crippen LogP contribution in [0.4, 0.5) is 0 Å². The van der Waals surface area contributed by atoms with Gasteiger partial charge in [-0.25, -0.2) is 0 Å². The molecule has 0 unspecified atom stereocenters. The van der Waals surface area contributed by atoms with Crippen molar-refractivity contribution < 1.29 is 4.74 Å². The van der Waals surface area contributed by atoms with E-state index >= 15 is 0 Å². The van der Waals surface area contributed by atoms with E-state index in [4.69, 9.17) is 27.9 Å². The number of benzene rings is 1. The summed E-state index contributed by atoms with van der Waals surface area (Å²) in [5.41, 5.74) is 3.09. The molecule has 3 nitrogen and oxygen atoms in total. The molecule has 1 fully saturated rings. The molecule has 0 atom stereocenters. The fraction of sp³-hybridized carbons (Fsp3) is 0.312. The Kier molecular flexibility index (Phi) is 4.76. The summed E-state index contributed by atoms with van der Waals surface area (Å²) in [6.45, 7) is 4.50. The number of pyridine rings is 1. The summed E-state index contributed by atoms with van der Waals surface area (Å²) < 4.78 is 5.35. The zero-order chi connectivity index (χ0) is 14.7. The van der Waals surface area contributed by atoms with E-state index in [1.165, 1.54) is 5.56 Å². The van der Waals surface area contributed by atoms with Crippen molar-refractivity contribution in [1.29, 1.82) is 0 Å². The van der Waals surface area contributed by atoms with Crippen molar-refractivity contribution in [2.75, 3.05) is 26.3 Å². The molecule has 2 aromatic rings. The topological polar surface area (TPSA) is 25.4 Å². The maximum Gasteiger partial charge on any atom is 0.0702 e. The van der Waals surface area contributed by atoms with Crippen molar-refractivity contribution in [3.63, 3.8) is 0 Å². The van der Waals surface area contributed by atoms with Gasteiger partial charge in [0, 0.05) is 31.4 Å². The Morgan fingerprint density at radius 2 is 1.86 bits per heavy atom. The standard InChI is InChI=1S/C16H16Cl2N2O/c17-14-3-2-13(9-15(14)18)16-4-1-12(10-19-16)11-20-5-7-21-8-6-20/h1-4,9-10H,5-8,11H2. The Morgan fingerprint density at radius 3 is 2.52 bits per heavy atom. The summed E-state index contributed by atoms with van der Waals surface area (Å²) in [7, 11) is 0. The van der Waals surface area contributed by atoms with E-state index in [0.717, 1.165) is 44.1 Å². The third-order valence-electron chi connectivity index (χ3n) is 3.55. The highest BCUT2D eigenvalue weighted by Crippen LogP contribution is 2.27. The monoisotopic (exact) mass is 322 g/mol. The first-order chi connectivity index (χ1) is 10.2. The molecule has 1 aromatic carbocycles. The molecule has 0 amide bonds. The number of aromatic nitrogens is 1. The van der Waals surface area contributed by atoms with Crippen LogP contribution < -0.4 is 0 Å². The molecule has 1 aliphatic rings. The fourth-order valence-electron chi connectivity index (χ4n) is 2.36. The molecule has 1 saturated heterocycles. The quantitative estimate of drug-likeness (QED) is 0.857. The number of halogens is 2. The maximum atomic E-state index is 6.05. The molecule has 5 heteroatoms.